The van der Waals surface area contributed by atoms with Crippen LogP contribution in [0.25, 0.3) is 0 Å². The van der Waals surface area contributed by atoms with Gasteiger partial charge in [0.1, 0.15) is 5.78 Å². The summed E-state index contributed by atoms with van der Waals surface area (Å²) in [6, 6.07) is 0. The number of hydrogen-bond acceptors (Lipinski definition) is 2. The molecule has 0 aromatic heterocycles. The quantitative estimate of drug-likeness (QED) is 0.759. The lowest BCUT2D eigenvalue weighted by Gasteiger charge is -2.35. The predicted molar refractivity (Wildman–Crippen MR) is 68.7 cm³/mol. The third-order valence-corrected chi connectivity index (χ3v) is 3.38. The summed E-state index contributed by atoms with van der Waals surface area (Å²) >= 11 is 0. The van der Waals surface area contributed by atoms with Crippen molar-refractivity contribution in [3.8, 4) is 0 Å². The number of hydrogen-bond donors (Lipinski definition) is 0. The number of piperidine rings is 1. The zero-order valence-corrected chi connectivity index (χ0v) is 11.6. The van der Waals surface area contributed by atoms with Crippen molar-refractivity contribution < 1.29 is 9.59 Å². The van der Waals surface area contributed by atoms with Gasteiger partial charge in [-0.2, -0.15) is 0 Å². The largest absolute Gasteiger partial charge is 0.342 e. The van der Waals surface area contributed by atoms with Crippen molar-refractivity contribution in [2.45, 2.75) is 53.4 Å². The van der Waals surface area contributed by atoms with E-state index in [2.05, 4.69) is 0 Å². The van der Waals surface area contributed by atoms with Gasteiger partial charge in [-0.25, -0.2) is 0 Å². The summed E-state index contributed by atoms with van der Waals surface area (Å²) in [5.74, 6) is 0.785. The molecule has 98 valence electrons. The van der Waals surface area contributed by atoms with E-state index in [0.29, 0.717) is 12.2 Å². The average molecular weight is 239 g/mol. The van der Waals surface area contributed by atoms with Gasteiger partial charge in [0.25, 0.3) is 0 Å². The summed E-state index contributed by atoms with van der Waals surface area (Å²) in [5.41, 5.74) is -0.305. The Morgan fingerprint density at radius 1 is 1.18 bits per heavy atom. The molecule has 0 spiro atoms. The summed E-state index contributed by atoms with van der Waals surface area (Å²) in [5, 5.41) is 0. The average Bonchev–Trinajstić information content (AvgIpc) is 2.27. The third kappa shape index (κ3) is 3.83. The fourth-order valence-electron chi connectivity index (χ4n) is 2.33. The molecule has 0 radical (unpaired) electrons. The number of ketones is 1. The second kappa shape index (κ2) is 5.65. The minimum Gasteiger partial charge on any atom is -0.342 e. The molecule has 3 nitrogen and oxygen atoms in total. The van der Waals surface area contributed by atoms with E-state index in [0.717, 1.165) is 32.4 Å². The van der Waals surface area contributed by atoms with E-state index in [-0.39, 0.29) is 17.2 Å². The molecule has 1 fully saturated rings. The SMILES string of the molecule is CCCC(=O)C1CCN(C(=O)C(C)(C)C)CC1. The Morgan fingerprint density at radius 3 is 2.12 bits per heavy atom. The molecular formula is C14H25NO2. The second-order valence-corrected chi connectivity index (χ2v) is 6.03. The summed E-state index contributed by atoms with van der Waals surface area (Å²) in [6.45, 7) is 9.37. The molecule has 1 aliphatic heterocycles. The van der Waals surface area contributed by atoms with Gasteiger partial charge in [-0.1, -0.05) is 27.7 Å². The molecule has 1 saturated heterocycles. The Balaban J connectivity index is 2.46. The molecule has 1 aliphatic rings. The molecule has 0 aromatic rings. The monoisotopic (exact) mass is 239 g/mol. The van der Waals surface area contributed by atoms with Gasteiger partial charge in [0.2, 0.25) is 5.91 Å². The molecule has 0 unspecified atom stereocenters. The van der Waals surface area contributed by atoms with E-state index in [4.69, 9.17) is 0 Å². The third-order valence-electron chi connectivity index (χ3n) is 3.38. The first-order chi connectivity index (χ1) is 7.86. The van der Waals surface area contributed by atoms with Crippen molar-refractivity contribution in [3.05, 3.63) is 0 Å². The van der Waals surface area contributed by atoms with Crippen LogP contribution in [0.3, 0.4) is 0 Å². The molecule has 0 aliphatic carbocycles. The van der Waals surface area contributed by atoms with E-state index in [1.165, 1.54) is 0 Å². The maximum atomic E-state index is 12.1. The van der Waals surface area contributed by atoms with Gasteiger partial charge in [-0.15, -0.1) is 0 Å². The Bertz CT molecular complexity index is 283. The first-order valence-electron chi connectivity index (χ1n) is 6.68. The fraction of sp³-hybridized carbons (Fsp3) is 0.857. The highest BCUT2D eigenvalue weighted by molar-refractivity contribution is 5.83. The molecule has 1 rings (SSSR count). The van der Waals surface area contributed by atoms with E-state index < -0.39 is 0 Å². The standard InChI is InChI=1S/C14H25NO2/c1-5-6-12(16)11-7-9-15(10-8-11)13(17)14(2,3)4/h11H,5-10H2,1-4H3. The molecular weight excluding hydrogens is 214 g/mol. The number of carbonyl (C=O) groups excluding carboxylic acids is 2. The smallest absolute Gasteiger partial charge is 0.227 e. The lowest BCUT2D eigenvalue weighted by Crippen LogP contribution is -2.45. The van der Waals surface area contributed by atoms with Crippen LogP contribution >= 0.6 is 0 Å². The Hall–Kier alpha value is -0.860. The van der Waals surface area contributed by atoms with Crippen LogP contribution in [0.15, 0.2) is 0 Å². The van der Waals surface area contributed by atoms with E-state index in [1.54, 1.807) is 0 Å². The lowest BCUT2D eigenvalue weighted by molar-refractivity contribution is -0.142. The summed E-state index contributed by atoms with van der Waals surface area (Å²) < 4.78 is 0. The highest BCUT2D eigenvalue weighted by Gasteiger charge is 2.31. The zero-order valence-electron chi connectivity index (χ0n) is 11.6. The predicted octanol–water partition coefficient (Wildman–Crippen LogP) is 2.64. The summed E-state index contributed by atoms with van der Waals surface area (Å²) in [4.78, 5) is 25.7. The van der Waals surface area contributed by atoms with E-state index in [1.807, 2.05) is 32.6 Å². The highest BCUT2D eigenvalue weighted by Crippen LogP contribution is 2.24. The minimum atomic E-state index is -0.305. The minimum absolute atomic E-state index is 0.193. The lowest BCUT2D eigenvalue weighted by atomic mass is 9.88. The molecule has 0 atom stereocenters. The normalized spacial score (nSPS) is 18.2. The van der Waals surface area contributed by atoms with Crippen molar-refractivity contribution in [2.75, 3.05) is 13.1 Å². The zero-order chi connectivity index (χ0) is 13.1. The van der Waals surface area contributed by atoms with Crippen molar-refractivity contribution in [3.63, 3.8) is 0 Å². The number of amides is 1. The van der Waals surface area contributed by atoms with Crippen LogP contribution in [0.1, 0.15) is 53.4 Å². The van der Waals surface area contributed by atoms with Crippen LogP contribution in [-0.4, -0.2) is 29.7 Å². The molecule has 1 amide bonds. The molecule has 3 heteroatoms. The van der Waals surface area contributed by atoms with Gasteiger partial charge in [0.05, 0.1) is 0 Å². The van der Waals surface area contributed by atoms with Crippen LogP contribution in [0, 0.1) is 11.3 Å². The van der Waals surface area contributed by atoms with Crippen molar-refractivity contribution in [1.29, 1.82) is 0 Å². The number of Topliss-reactive ketones (excluding diaryl/α,β-unsaturated/α-hetero) is 1. The van der Waals surface area contributed by atoms with Gasteiger partial charge >= 0.3 is 0 Å². The van der Waals surface area contributed by atoms with Crippen LogP contribution in [0.5, 0.6) is 0 Å². The maximum absolute atomic E-state index is 12.1. The molecule has 1 heterocycles. The molecule has 0 aromatic carbocycles. The first-order valence-corrected chi connectivity index (χ1v) is 6.68. The van der Waals surface area contributed by atoms with Crippen LogP contribution in [0.4, 0.5) is 0 Å². The van der Waals surface area contributed by atoms with Crippen LogP contribution < -0.4 is 0 Å². The van der Waals surface area contributed by atoms with Crippen molar-refractivity contribution in [2.24, 2.45) is 11.3 Å². The van der Waals surface area contributed by atoms with Gasteiger partial charge in [0, 0.05) is 30.8 Å². The van der Waals surface area contributed by atoms with E-state index in [9.17, 15) is 9.59 Å². The maximum Gasteiger partial charge on any atom is 0.227 e. The van der Waals surface area contributed by atoms with Gasteiger partial charge in [0.15, 0.2) is 0 Å². The number of rotatable bonds is 3. The number of carbonyl (C=O) groups is 2. The summed E-state index contributed by atoms with van der Waals surface area (Å²) in [6.07, 6.45) is 3.32. The van der Waals surface area contributed by atoms with Gasteiger partial charge in [-0.3, -0.25) is 9.59 Å². The Kier molecular flexibility index (Phi) is 4.72. The van der Waals surface area contributed by atoms with Gasteiger partial charge < -0.3 is 4.90 Å². The molecule has 0 bridgehead atoms. The van der Waals surface area contributed by atoms with Crippen molar-refractivity contribution in [1.82, 2.24) is 4.90 Å². The van der Waals surface area contributed by atoms with Gasteiger partial charge in [-0.05, 0) is 19.3 Å². The number of nitrogens with zero attached hydrogens (tertiary/aromatic N) is 1. The Labute approximate surface area is 105 Å². The van der Waals surface area contributed by atoms with Crippen LogP contribution in [-0.2, 0) is 9.59 Å². The second-order valence-electron chi connectivity index (χ2n) is 6.03. The molecule has 0 saturated carbocycles. The van der Waals surface area contributed by atoms with E-state index >= 15 is 0 Å². The topological polar surface area (TPSA) is 37.4 Å². The van der Waals surface area contributed by atoms with Crippen LogP contribution in [0.2, 0.25) is 0 Å². The Morgan fingerprint density at radius 2 is 1.71 bits per heavy atom. The molecule has 0 N–H and O–H groups in total. The first kappa shape index (κ1) is 14.2. The number of likely N-dealkylation sites (tertiary alicyclic amines) is 1. The molecule has 17 heavy (non-hydrogen) atoms. The summed E-state index contributed by atoms with van der Waals surface area (Å²) in [7, 11) is 0. The highest BCUT2D eigenvalue weighted by atomic mass is 16.2. The van der Waals surface area contributed by atoms with Crippen molar-refractivity contribution >= 4 is 11.7 Å². The fourth-order valence-corrected chi connectivity index (χ4v) is 2.33.